The van der Waals surface area contributed by atoms with Crippen LogP contribution >= 0.6 is 0 Å². The van der Waals surface area contributed by atoms with Gasteiger partial charge in [0.05, 0.1) is 6.61 Å². The molecule has 2 nitrogen and oxygen atoms in total. The van der Waals surface area contributed by atoms with Crippen molar-refractivity contribution in [2.45, 2.75) is 58.0 Å². The zero-order valence-corrected chi connectivity index (χ0v) is 20.7. The quantitative estimate of drug-likeness (QED) is 0.207. The van der Waals surface area contributed by atoms with Crippen LogP contribution in [0, 0.1) is 23.4 Å². The molecule has 0 saturated heterocycles. The van der Waals surface area contributed by atoms with Crippen molar-refractivity contribution in [3.05, 3.63) is 95.8 Å². The van der Waals surface area contributed by atoms with Gasteiger partial charge in [-0.2, -0.15) is 0 Å². The first-order chi connectivity index (χ1) is 17.5. The van der Waals surface area contributed by atoms with Crippen LogP contribution in [0.15, 0.2) is 67.3 Å². The highest BCUT2D eigenvalue weighted by Crippen LogP contribution is 2.38. The molecule has 0 heterocycles. The molecule has 0 amide bonds. The van der Waals surface area contributed by atoms with E-state index in [2.05, 4.69) is 13.5 Å². The summed E-state index contributed by atoms with van der Waals surface area (Å²) in [4.78, 5) is 0. The van der Waals surface area contributed by atoms with E-state index in [1.807, 2.05) is 6.08 Å². The second-order valence-corrected chi connectivity index (χ2v) is 9.64. The lowest BCUT2D eigenvalue weighted by atomic mass is 9.79. The van der Waals surface area contributed by atoms with Gasteiger partial charge in [-0.3, -0.25) is 0 Å². The lowest BCUT2D eigenvalue weighted by Crippen LogP contribution is -2.13. The first-order valence-corrected chi connectivity index (χ1v) is 12.7. The maximum atomic E-state index is 15.0. The minimum atomic E-state index is -0.802. The SMILES string of the molecule is C=CCCCOc1ccc(OCc2ccc(-c3ccc(C4CCC(C)CC4)c(F)c3F)cc2)c(F)c1. The summed E-state index contributed by atoms with van der Waals surface area (Å²) in [6.45, 7) is 6.51. The fourth-order valence-corrected chi connectivity index (χ4v) is 4.72. The molecule has 0 bridgehead atoms. The highest BCUT2D eigenvalue weighted by atomic mass is 19.2. The Kier molecular flexibility index (Phi) is 8.74. The predicted molar refractivity (Wildman–Crippen MR) is 138 cm³/mol. The Hall–Kier alpha value is -3.21. The Morgan fingerprint density at radius 2 is 1.64 bits per heavy atom. The first kappa shape index (κ1) is 25.9. The summed E-state index contributed by atoms with van der Waals surface area (Å²) in [6, 6.07) is 14.9. The Morgan fingerprint density at radius 3 is 2.33 bits per heavy atom. The number of rotatable bonds is 10. The van der Waals surface area contributed by atoms with Gasteiger partial charge in [0.1, 0.15) is 12.4 Å². The number of allylic oxidation sites excluding steroid dienone is 1. The first-order valence-electron chi connectivity index (χ1n) is 12.7. The summed E-state index contributed by atoms with van der Waals surface area (Å²) in [5.74, 6) is -0.726. The Labute approximate surface area is 211 Å². The van der Waals surface area contributed by atoms with E-state index in [-0.39, 0.29) is 23.8 Å². The highest BCUT2D eigenvalue weighted by Gasteiger charge is 2.25. The summed E-state index contributed by atoms with van der Waals surface area (Å²) in [6.07, 6.45) is 7.38. The Morgan fingerprint density at radius 1 is 0.889 bits per heavy atom. The predicted octanol–water partition coefficient (Wildman–Crippen LogP) is 8.99. The average Bonchev–Trinajstić information content (AvgIpc) is 2.89. The summed E-state index contributed by atoms with van der Waals surface area (Å²) in [5.41, 5.74) is 2.10. The molecule has 0 aliphatic heterocycles. The number of hydrogen-bond donors (Lipinski definition) is 0. The molecule has 1 saturated carbocycles. The molecule has 1 aliphatic rings. The van der Waals surface area contributed by atoms with E-state index >= 15 is 0 Å². The van der Waals surface area contributed by atoms with Crippen molar-refractivity contribution in [1.82, 2.24) is 0 Å². The molecule has 4 rings (SSSR count). The monoisotopic (exact) mass is 494 g/mol. The van der Waals surface area contributed by atoms with Gasteiger partial charge in [-0.1, -0.05) is 62.2 Å². The second kappa shape index (κ2) is 12.2. The van der Waals surface area contributed by atoms with Crippen molar-refractivity contribution in [3.63, 3.8) is 0 Å². The van der Waals surface area contributed by atoms with E-state index in [4.69, 9.17) is 9.47 Å². The van der Waals surface area contributed by atoms with Crippen molar-refractivity contribution in [3.8, 4) is 22.6 Å². The average molecular weight is 495 g/mol. The normalized spacial score (nSPS) is 17.6. The summed E-state index contributed by atoms with van der Waals surface area (Å²) < 4.78 is 55.5. The number of unbranched alkanes of at least 4 members (excludes halogenated alkanes) is 1. The van der Waals surface area contributed by atoms with Crippen LogP contribution in [0.5, 0.6) is 11.5 Å². The molecular formula is C31H33F3O2. The highest BCUT2D eigenvalue weighted by molar-refractivity contribution is 5.65. The maximum absolute atomic E-state index is 15.0. The molecule has 0 spiro atoms. The van der Waals surface area contributed by atoms with Crippen LogP contribution < -0.4 is 9.47 Å². The molecule has 190 valence electrons. The minimum Gasteiger partial charge on any atom is -0.493 e. The van der Waals surface area contributed by atoms with Gasteiger partial charge in [-0.05, 0) is 66.3 Å². The van der Waals surface area contributed by atoms with Crippen molar-refractivity contribution >= 4 is 0 Å². The van der Waals surface area contributed by atoms with Gasteiger partial charge in [0, 0.05) is 11.6 Å². The maximum Gasteiger partial charge on any atom is 0.168 e. The van der Waals surface area contributed by atoms with Gasteiger partial charge in [0.2, 0.25) is 0 Å². The molecule has 0 radical (unpaired) electrons. The zero-order valence-electron chi connectivity index (χ0n) is 20.7. The zero-order chi connectivity index (χ0) is 25.5. The third-order valence-corrected chi connectivity index (χ3v) is 6.95. The molecular weight excluding hydrogens is 461 g/mol. The van der Waals surface area contributed by atoms with Crippen LogP contribution in [0.2, 0.25) is 0 Å². The van der Waals surface area contributed by atoms with Gasteiger partial charge in [0.15, 0.2) is 23.2 Å². The van der Waals surface area contributed by atoms with Crippen LogP contribution in [0.3, 0.4) is 0 Å². The lowest BCUT2D eigenvalue weighted by Gasteiger charge is -2.27. The molecule has 1 aliphatic carbocycles. The van der Waals surface area contributed by atoms with Crippen LogP contribution in [0.25, 0.3) is 11.1 Å². The van der Waals surface area contributed by atoms with Gasteiger partial charge in [0.25, 0.3) is 0 Å². The van der Waals surface area contributed by atoms with Crippen molar-refractivity contribution in [2.24, 2.45) is 5.92 Å². The van der Waals surface area contributed by atoms with Gasteiger partial charge in [-0.15, -0.1) is 6.58 Å². The molecule has 1 fully saturated rings. The third kappa shape index (κ3) is 6.31. The molecule has 0 N–H and O–H groups in total. The van der Waals surface area contributed by atoms with E-state index in [1.165, 1.54) is 6.07 Å². The molecule has 3 aromatic rings. The van der Waals surface area contributed by atoms with E-state index < -0.39 is 17.5 Å². The van der Waals surface area contributed by atoms with E-state index in [9.17, 15) is 13.2 Å². The summed E-state index contributed by atoms with van der Waals surface area (Å²) in [7, 11) is 0. The van der Waals surface area contributed by atoms with Crippen LogP contribution in [0.1, 0.15) is 62.5 Å². The molecule has 0 atom stereocenters. The fourth-order valence-electron chi connectivity index (χ4n) is 4.72. The van der Waals surface area contributed by atoms with Gasteiger partial charge >= 0.3 is 0 Å². The topological polar surface area (TPSA) is 18.5 Å². The number of ether oxygens (including phenoxy) is 2. The Balaban J connectivity index is 1.37. The van der Waals surface area contributed by atoms with Crippen molar-refractivity contribution in [1.29, 1.82) is 0 Å². The number of hydrogen-bond acceptors (Lipinski definition) is 2. The molecule has 5 heteroatoms. The number of halogens is 3. The van der Waals surface area contributed by atoms with E-state index in [1.54, 1.807) is 48.5 Å². The second-order valence-electron chi connectivity index (χ2n) is 9.64. The smallest absolute Gasteiger partial charge is 0.168 e. The number of benzene rings is 3. The van der Waals surface area contributed by atoms with E-state index in [0.29, 0.717) is 29.4 Å². The van der Waals surface area contributed by atoms with E-state index in [0.717, 1.165) is 44.1 Å². The van der Waals surface area contributed by atoms with Crippen molar-refractivity contribution in [2.75, 3.05) is 6.61 Å². The minimum absolute atomic E-state index is 0.0857. The van der Waals surface area contributed by atoms with Gasteiger partial charge < -0.3 is 9.47 Å². The summed E-state index contributed by atoms with van der Waals surface area (Å²) in [5, 5.41) is 0. The third-order valence-electron chi connectivity index (χ3n) is 6.95. The Bertz CT molecular complexity index is 1170. The lowest BCUT2D eigenvalue weighted by molar-refractivity contribution is 0.284. The standard InChI is InChI=1S/C31H33F3O2/c1-3-4-5-18-35-25-14-17-29(28(32)19-25)36-20-22-8-12-24(13-9-22)27-16-15-26(30(33)31(27)34)23-10-6-21(2)7-11-23/h3,8-9,12-17,19,21,23H,1,4-7,10-11,18,20H2,2H3. The van der Waals surface area contributed by atoms with Crippen molar-refractivity contribution < 1.29 is 22.6 Å². The molecule has 0 aromatic heterocycles. The largest absolute Gasteiger partial charge is 0.493 e. The molecule has 3 aromatic carbocycles. The van der Waals surface area contributed by atoms with Crippen LogP contribution in [0.4, 0.5) is 13.2 Å². The van der Waals surface area contributed by atoms with Gasteiger partial charge in [-0.25, -0.2) is 13.2 Å². The fraction of sp³-hybridized carbons (Fsp3) is 0.355. The van der Waals surface area contributed by atoms with Crippen LogP contribution in [-0.4, -0.2) is 6.61 Å². The molecule has 0 unspecified atom stereocenters. The molecule has 36 heavy (non-hydrogen) atoms. The summed E-state index contributed by atoms with van der Waals surface area (Å²) >= 11 is 0. The van der Waals surface area contributed by atoms with Crippen LogP contribution in [-0.2, 0) is 6.61 Å².